The summed E-state index contributed by atoms with van der Waals surface area (Å²) in [4.78, 5) is 5.11. The van der Waals surface area contributed by atoms with Crippen molar-refractivity contribution in [3.8, 4) is 22.3 Å². The van der Waals surface area contributed by atoms with Gasteiger partial charge in [-0.25, -0.2) is 0 Å². The maximum Gasteiger partial charge on any atom is 0.0561 e. The molecule has 10 rings (SSSR count). The molecule has 2 nitrogen and oxygen atoms in total. The van der Waals surface area contributed by atoms with Crippen LogP contribution in [0.25, 0.3) is 54.6 Å². The third-order valence-corrected chi connectivity index (χ3v) is 13.7. The van der Waals surface area contributed by atoms with Crippen molar-refractivity contribution in [2.75, 3.05) is 9.80 Å². The first-order valence-corrected chi connectivity index (χ1v) is 23.7. The van der Waals surface area contributed by atoms with Crippen LogP contribution in [0.3, 0.4) is 0 Å². The van der Waals surface area contributed by atoms with Gasteiger partial charge < -0.3 is 9.80 Å². The number of hydrogen-bond donors (Lipinski definition) is 0. The van der Waals surface area contributed by atoms with Crippen LogP contribution in [0.15, 0.2) is 188 Å². The van der Waals surface area contributed by atoms with E-state index in [1.54, 1.807) is 0 Å². The molecule has 0 bridgehead atoms. The van der Waals surface area contributed by atoms with Gasteiger partial charge in [0, 0.05) is 38.9 Å². The van der Waals surface area contributed by atoms with Crippen molar-refractivity contribution >= 4 is 66.4 Å². The maximum atomic E-state index is 2.56. The molecule has 0 amide bonds. The number of aryl methyl sites for hydroxylation is 2. The minimum absolute atomic E-state index is 0.000171. The van der Waals surface area contributed by atoms with Gasteiger partial charge in [-0.15, -0.1) is 0 Å². The highest BCUT2D eigenvalue weighted by Crippen LogP contribution is 2.52. The van der Waals surface area contributed by atoms with Gasteiger partial charge in [0.05, 0.1) is 11.4 Å². The van der Waals surface area contributed by atoms with E-state index in [0.29, 0.717) is 11.8 Å². The van der Waals surface area contributed by atoms with Crippen LogP contribution in [-0.4, -0.2) is 0 Å². The summed E-state index contributed by atoms with van der Waals surface area (Å²) in [6.07, 6.45) is 0. The minimum atomic E-state index is -0.000171. The number of anilines is 6. The summed E-state index contributed by atoms with van der Waals surface area (Å²) in [5, 5.41) is 7.56. The van der Waals surface area contributed by atoms with Gasteiger partial charge >= 0.3 is 0 Å². The number of benzene rings is 10. The van der Waals surface area contributed by atoms with Gasteiger partial charge in [-0.3, -0.25) is 0 Å². The molecule has 10 aromatic rings. The van der Waals surface area contributed by atoms with Gasteiger partial charge in [0.1, 0.15) is 0 Å². The van der Waals surface area contributed by atoms with E-state index in [1.807, 2.05) is 0 Å². The first kappa shape index (κ1) is 42.8. The Labute approximate surface area is 392 Å². The summed E-state index contributed by atoms with van der Waals surface area (Å²) in [5.41, 5.74) is 18.0. The van der Waals surface area contributed by atoms with Crippen LogP contribution in [0.4, 0.5) is 34.1 Å². The second kappa shape index (κ2) is 17.0. The molecule has 0 aliphatic rings. The molecular weight excluding hydrogens is 797 g/mol. The standard InChI is InChI=1S/C64H60N2/c1-41(2)47-22-16-24-54(36-47)65(58-38-49(28-26-43(58)5)45-18-12-10-13-19-45)60-40-61(57-33-31-52-35-53(64(7,8)9)34-51-30-32-56(60)63(57)62(51)52)66(55-25-17-23-48(37-55)42(3)4)59-39-50(29-27-44(59)6)46-20-14-11-15-21-46/h10-42H,1-9H3. The number of hydrogen-bond acceptors (Lipinski definition) is 2. The van der Waals surface area contributed by atoms with Crippen molar-refractivity contribution in [2.45, 2.75) is 79.6 Å². The third-order valence-electron chi connectivity index (χ3n) is 13.7. The molecule has 326 valence electrons. The molecule has 0 aromatic heterocycles. The highest BCUT2D eigenvalue weighted by molar-refractivity contribution is 6.29. The van der Waals surface area contributed by atoms with E-state index >= 15 is 0 Å². The molecule has 66 heavy (non-hydrogen) atoms. The average Bonchev–Trinajstić information content (AvgIpc) is 3.33. The normalized spacial score (nSPS) is 12.0. The molecule has 0 aliphatic heterocycles. The molecule has 0 heterocycles. The largest absolute Gasteiger partial charge is 0.309 e. The Morgan fingerprint density at radius 1 is 0.364 bits per heavy atom. The summed E-state index contributed by atoms with van der Waals surface area (Å²) in [5.74, 6) is 0.724. The summed E-state index contributed by atoms with van der Waals surface area (Å²) in [7, 11) is 0. The molecule has 0 saturated carbocycles. The molecule has 2 heteroatoms. The molecule has 0 radical (unpaired) electrons. The van der Waals surface area contributed by atoms with Crippen LogP contribution < -0.4 is 9.80 Å². The summed E-state index contributed by atoms with van der Waals surface area (Å²) in [6, 6.07) is 70.8. The lowest BCUT2D eigenvalue weighted by Crippen LogP contribution is -2.16. The number of rotatable bonds is 10. The van der Waals surface area contributed by atoms with Crippen molar-refractivity contribution in [2.24, 2.45) is 0 Å². The lowest BCUT2D eigenvalue weighted by atomic mass is 9.83. The molecule has 0 unspecified atom stereocenters. The van der Waals surface area contributed by atoms with Crippen LogP contribution in [0.5, 0.6) is 0 Å². The fourth-order valence-corrected chi connectivity index (χ4v) is 9.86. The molecule has 0 saturated heterocycles. The van der Waals surface area contributed by atoms with Crippen molar-refractivity contribution in [1.29, 1.82) is 0 Å². The zero-order valence-corrected chi connectivity index (χ0v) is 39.9. The second-order valence-corrected chi connectivity index (χ2v) is 20.0. The summed E-state index contributed by atoms with van der Waals surface area (Å²) in [6.45, 7) is 20.6. The van der Waals surface area contributed by atoms with Gasteiger partial charge in [0.2, 0.25) is 0 Å². The van der Waals surface area contributed by atoms with Crippen molar-refractivity contribution < 1.29 is 0 Å². The van der Waals surface area contributed by atoms with Crippen molar-refractivity contribution in [3.63, 3.8) is 0 Å². The van der Waals surface area contributed by atoms with Gasteiger partial charge in [-0.05, 0) is 140 Å². The fourth-order valence-electron chi connectivity index (χ4n) is 9.86. The second-order valence-electron chi connectivity index (χ2n) is 20.0. The highest BCUT2D eigenvalue weighted by atomic mass is 15.2. The van der Waals surface area contributed by atoms with Gasteiger partial charge in [0.15, 0.2) is 0 Å². The van der Waals surface area contributed by atoms with E-state index in [1.165, 1.54) is 82.4 Å². The van der Waals surface area contributed by atoms with Gasteiger partial charge in [0.25, 0.3) is 0 Å². The van der Waals surface area contributed by atoms with Crippen molar-refractivity contribution in [3.05, 3.63) is 216 Å². The predicted octanol–water partition coefficient (Wildman–Crippen LogP) is 19.0. The summed E-state index contributed by atoms with van der Waals surface area (Å²) >= 11 is 0. The Bertz CT molecular complexity index is 3160. The molecule has 0 spiro atoms. The van der Waals surface area contributed by atoms with E-state index in [4.69, 9.17) is 0 Å². The SMILES string of the molecule is Cc1ccc(-c2ccccc2)cc1N(c1cccc(C(C)C)c1)c1cc(N(c2cccc(C(C)C)c2)c2cc(-c3ccccc3)ccc2C)c2ccc3cc(C(C)(C)C)cc4ccc1c2c43. The smallest absolute Gasteiger partial charge is 0.0561 e. The Balaban J connectivity index is 1.37. The van der Waals surface area contributed by atoms with Crippen LogP contribution in [0.1, 0.15) is 88.1 Å². The quantitative estimate of drug-likeness (QED) is 0.126. The van der Waals surface area contributed by atoms with Crippen LogP contribution in [-0.2, 0) is 5.41 Å². The van der Waals surface area contributed by atoms with Gasteiger partial charge in [-0.1, -0.05) is 194 Å². The minimum Gasteiger partial charge on any atom is -0.309 e. The maximum absolute atomic E-state index is 2.56. The average molecular weight is 857 g/mol. The highest BCUT2D eigenvalue weighted by Gasteiger charge is 2.28. The Morgan fingerprint density at radius 3 is 1.21 bits per heavy atom. The Morgan fingerprint density at radius 2 is 0.803 bits per heavy atom. The zero-order chi connectivity index (χ0) is 45.9. The van der Waals surface area contributed by atoms with E-state index in [9.17, 15) is 0 Å². The molecule has 0 N–H and O–H groups in total. The van der Waals surface area contributed by atoms with Crippen LogP contribution in [0, 0.1) is 13.8 Å². The summed E-state index contributed by atoms with van der Waals surface area (Å²) < 4.78 is 0. The first-order valence-electron chi connectivity index (χ1n) is 23.7. The Kier molecular flexibility index (Phi) is 11.0. The predicted molar refractivity (Wildman–Crippen MR) is 287 cm³/mol. The van der Waals surface area contributed by atoms with E-state index in [-0.39, 0.29) is 5.41 Å². The zero-order valence-electron chi connectivity index (χ0n) is 39.9. The van der Waals surface area contributed by atoms with E-state index in [2.05, 4.69) is 260 Å². The molecule has 0 fully saturated rings. The third kappa shape index (κ3) is 7.79. The molecule has 10 aromatic carbocycles. The topological polar surface area (TPSA) is 6.48 Å². The van der Waals surface area contributed by atoms with Crippen LogP contribution >= 0.6 is 0 Å². The lowest BCUT2D eigenvalue weighted by Gasteiger charge is -2.34. The molecule has 0 atom stereocenters. The fraction of sp³-hybridized carbons (Fsp3) is 0.188. The lowest BCUT2D eigenvalue weighted by molar-refractivity contribution is 0.591. The van der Waals surface area contributed by atoms with Gasteiger partial charge in [-0.2, -0.15) is 0 Å². The molecular formula is C64H60N2. The first-order chi connectivity index (χ1) is 31.8. The van der Waals surface area contributed by atoms with E-state index in [0.717, 1.165) is 34.1 Å². The van der Waals surface area contributed by atoms with Crippen molar-refractivity contribution in [1.82, 2.24) is 0 Å². The van der Waals surface area contributed by atoms with E-state index < -0.39 is 0 Å². The number of nitrogens with zero attached hydrogens (tertiary/aromatic N) is 2. The van der Waals surface area contributed by atoms with Crippen LogP contribution in [0.2, 0.25) is 0 Å². The molecule has 0 aliphatic carbocycles. The monoisotopic (exact) mass is 856 g/mol. The Hall–Kier alpha value is -7.16.